The molecule has 0 atom stereocenters. The molecular formula is C8H15NOS. The van der Waals surface area contributed by atoms with Gasteiger partial charge in [-0.3, -0.25) is 4.90 Å². The van der Waals surface area contributed by atoms with Crippen molar-refractivity contribution in [3.63, 3.8) is 0 Å². The molecule has 1 aliphatic carbocycles. The minimum atomic E-state index is 0.00887. The molecule has 11 heavy (non-hydrogen) atoms. The Balaban J connectivity index is 1.76. The maximum absolute atomic E-state index is 9.12. The zero-order valence-electron chi connectivity index (χ0n) is 6.70. The first kappa shape index (κ1) is 7.90. The smallest absolute Gasteiger partial charge is 0.0570 e. The van der Waals surface area contributed by atoms with Crippen LogP contribution in [-0.4, -0.2) is 46.7 Å². The fourth-order valence-corrected chi connectivity index (χ4v) is 2.73. The lowest BCUT2D eigenvalue weighted by atomic mass is 9.88. The first-order valence-electron chi connectivity index (χ1n) is 4.36. The van der Waals surface area contributed by atoms with E-state index in [1.54, 1.807) is 0 Å². The number of rotatable bonds is 1. The fourth-order valence-electron chi connectivity index (χ4n) is 1.80. The van der Waals surface area contributed by atoms with E-state index < -0.39 is 0 Å². The van der Waals surface area contributed by atoms with Crippen LogP contribution >= 0.6 is 11.8 Å². The molecule has 0 amide bonds. The Morgan fingerprint density at radius 2 is 1.82 bits per heavy atom. The predicted octanol–water partition coefficient (Wildman–Crippen LogP) is 0.559. The molecule has 2 nitrogen and oxygen atoms in total. The average Bonchev–Trinajstić information content (AvgIpc) is 2.01. The maximum atomic E-state index is 9.12. The molecule has 0 radical (unpaired) electrons. The molecule has 1 saturated heterocycles. The fraction of sp³-hybridized carbons (Fsp3) is 1.00. The van der Waals surface area contributed by atoms with Crippen LogP contribution in [-0.2, 0) is 0 Å². The van der Waals surface area contributed by atoms with E-state index in [2.05, 4.69) is 4.90 Å². The molecule has 1 saturated carbocycles. The van der Waals surface area contributed by atoms with Gasteiger partial charge in [0.25, 0.3) is 0 Å². The zero-order chi connectivity index (χ0) is 7.68. The Morgan fingerprint density at radius 1 is 1.18 bits per heavy atom. The van der Waals surface area contributed by atoms with E-state index in [-0.39, 0.29) is 6.10 Å². The highest BCUT2D eigenvalue weighted by atomic mass is 32.2. The Labute approximate surface area is 72.0 Å². The molecule has 0 aromatic heterocycles. The van der Waals surface area contributed by atoms with E-state index in [0.29, 0.717) is 6.04 Å². The standard InChI is InChI=1S/C8H15NOS/c10-8-5-7(6-8)9-1-3-11-4-2-9/h7-8,10H,1-6H2. The summed E-state index contributed by atoms with van der Waals surface area (Å²) in [5.41, 5.74) is 0. The quantitative estimate of drug-likeness (QED) is 0.627. The van der Waals surface area contributed by atoms with Gasteiger partial charge in [-0.15, -0.1) is 0 Å². The van der Waals surface area contributed by atoms with Crippen LogP contribution in [0.4, 0.5) is 0 Å². The summed E-state index contributed by atoms with van der Waals surface area (Å²) in [4.78, 5) is 2.53. The third kappa shape index (κ3) is 1.71. The van der Waals surface area contributed by atoms with Gasteiger partial charge in [0.05, 0.1) is 6.10 Å². The molecule has 2 aliphatic rings. The molecule has 0 bridgehead atoms. The summed E-state index contributed by atoms with van der Waals surface area (Å²) in [5, 5.41) is 9.12. The number of thioether (sulfide) groups is 1. The number of aliphatic hydroxyl groups is 1. The topological polar surface area (TPSA) is 23.5 Å². The van der Waals surface area contributed by atoms with Crippen LogP contribution in [0.25, 0.3) is 0 Å². The highest BCUT2D eigenvalue weighted by molar-refractivity contribution is 7.99. The summed E-state index contributed by atoms with van der Waals surface area (Å²) in [5.74, 6) is 2.57. The number of nitrogens with zero attached hydrogens (tertiary/aromatic N) is 1. The Bertz CT molecular complexity index is 130. The molecule has 2 rings (SSSR count). The summed E-state index contributed by atoms with van der Waals surface area (Å²) in [7, 11) is 0. The first-order valence-corrected chi connectivity index (χ1v) is 5.51. The molecule has 0 unspecified atom stereocenters. The average molecular weight is 173 g/mol. The van der Waals surface area contributed by atoms with Gasteiger partial charge in [0, 0.05) is 30.6 Å². The van der Waals surface area contributed by atoms with Crippen molar-refractivity contribution in [1.29, 1.82) is 0 Å². The van der Waals surface area contributed by atoms with E-state index in [1.807, 2.05) is 11.8 Å². The van der Waals surface area contributed by atoms with Crippen molar-refractivity contribution in [2.45, 2.75) is 25.0 Å². The SMILES string of the molecule is OC1CC(N2CCSCC2)C1. The van der Waals surface area contributed by atoms with Gasteiger partial charge in [0.15, 0.2) is 0 Å². The highest BCUT2D eigenvalue weighted by Gasteiger charge is 2.32. The van der Waals surface area contributed by atoms with Crippen LogP contribution in [0.15, 0.2) is 0 Å². The van der Waals surface area contributed by atoms with Crippen molar-refractivity contribution in [1.82, 2.24) is 4.90 Å². The lowest BCUT2D eigenvalue weighted by Gasteiger charge is -2.42. The number of hydrogen-bond acceptors (Lipinski definition) is 3. The van der Waals surface area contributed by atoms with E-state index >= 15 is 0 Å². The molecule has 0 aromatic carbocycles. The highest BCUT2D eigenvalue weighted by Crippen LogP contribution is 2.27. The van der Waals surface area contributed by atoms with Crippen molar-refractivity contribution in [3.05, 3.63) is 0 Å². The van der Waals surface area contributed by atoms with Gasteiger partial charge in [-0.25, -0.2) is 0 Å². The Hall–Kier alpha value is 0.270. The summed E-state index contributed by atoms with van der Waals surface area (Å²) in [6, 6.07) is 0.714. The molecule has 3 heteroatoms. The minimum Gasteiger partial charge on any atom is -0.393 e. The molecular weight excluding hydrogens is 158 g/mol. The third-order valence-corrected chi connectivity index (χ3v) is 3.59. The molecule has 2 fully saturated rings. The molecule has 64 valence electrons. The summed E-state index contributed by atoms with van der Waals surface area (Å²) in [6.45, 7) is 2.48. The molecule has 1 N–H and O–H groups in total. The predicted molar refractivity (Wildman–Crippen MR) is 47.9 cm³/mol. The zero-order valence-corrected chi connectivity index (χ0v) is 7.52. The van der Waals surface area contributed by atoms with Crippen LogP contribution in [0.5, 0.6) is 0 Å². The second kappa shape index (κ2) is 3.33. The maximum Gasteiger partial charge on any atom is 0.0570 e. The second-order valence-corrected chi connectivity index (χ2v) is 4.65. The molecule has 0 spiro atoms. The summed E-state index contributed by atoms with van der Waals surface area (Å²) < 4.78 is 0. The minimum absolute atomic E-state index is 0.00887. The van der Waals surface area contributed by atoms with E-state index in [1.165, 1.54) is 24.6 Å². The Kier molecular flexibility index (Phi) is 2.39. The number of aliphatic hydroxyl groups excluding tert-OH is 1. The van der Waals surface area contributed by atoms with Crippen molar-refractivity contribution < 1.29 is 5.11 Å². The van der Waals surface area contributed by atoms with Gasteiger partial charge in [0.1, 0.15) is 0 Å². The lowest BCUT2D eigenvalue weighted by molar-refractivity contribution is 0.00574. The van der Waals surface area contributed by atoms with Crippen molar-refractivity contribution in [2.75, 3.05) is 24.6 Å². The normalized spacial score (nSPS) is 40.1. The number of hydrogen-bond donors (Lipinski definition) is 1. The van der Waals surface area contributed by atoms with Crippen LogP contribution in [0.1, 0.15) is 12.8 Å². The van der Waals surface area contributed by atoms with Gasteiger partial charge in [-0.05, 0) is 12.8 Å². The van der Waals surface area contributed by atoms with Crippen molar-refractivity contribution in [2.24, 2.45) is 0 Å². The lowest BCUT2D eigenvalue weighted by Crippen LogP contribution is -2.50. The monoisotopic (exact) mass is 173 g/mol. The summed E-state index contributed by atoms with van der Waals surface area (Å²) >= 11 is 2.05. The first-order chi connectivity index (χ1) is 5.36. The van der Waals surface area contributed by atoms with Gasteiger partial charge < -0.3 is 5.11 Å². The van der Waals surface area contributed by atoms with Crippen molar-refractivity contribution in [3.8, 4) is 0 Å². The van der Waals surface area contributed by atoms with Crippen LogP contribution in [0.3, 0.4) is 0 Å². The summed E-state index contributed by atoms with van der Waals surface area (Å²) in [6.07, 6.45) is 2.05. The van der Waals surface area contributed by atoms with Crippen LogP contribution in [0.2, 0.25) is 0 Å². The second-order valence-electron chi connectivity index (χ2n) is 3.43. The Morgan fingerprint density at radius 3 is 2.36 bits per heavy atom. The van der Waals surface area contributed by atoms with Crippen molar-refractivity contribution >= 4 is 11.8 Å². The molecule has 0 aromatic rings. The molecule has 1 aliphatic heterocycles. The van der Waals surface area contributed by atoms with Crippen LogP contribution < -0.4 is 0 Å². The van der Waals surface area contributed by atoms with Gasteiger partial charge in [0.2, 0.25) is 0 Å². The largest absolute Gasteiger partial charge is 0.393 e. The van der Waals surface area contributed by atoms with E-state index in [9.17, 15) is 0 Å². The van der Waals surface area contributed by atoms with E-state index in [0.717, 1.165) is 12.8 Å². The van der Waals surface area contributed by atoms with Gasteiger partial charge in [-0.1, -0.05) is 0 Å². The van der Waals surface area contributed by atoms with E-state index in [4.69, 9.17) is 5.11 Å². The third-order valence-electron chi connectivity index (χ3n) is 2.65. The van der Waals surface area contributed by atoms with Gasteiger partial charge in [-0.2, -0.15) is 11.8 Å². The molecule has 1 heterocycles. The van der Waals surface area contributed by atoms with Gasteiger partial charge >= 0.3 is 0 Å². The van der Waals surface area contributed by atoms with Crippen LogP contribution in [0, 0.1) is 0 Å².